The summed E-state index contributed by atoms with van der Waals surface area (Å²) in [6.07, 6.45) is -0.0828. The van der Waals surface area contributed by atoms with Gasteiger partial charge in [-0.05, 0) is 42.5 Å². The smallest absolute Gasteiger partial charge is 0.419 e. The van der Waals surface area contributed by atoms with Crippen LogP contribution >= 0.6 is 12.4 Å². The molecule has 6 rings (SSSR count). The lowest BCUT2D eigenvalue weighted by Crippen LogP contribution is -2.32. The largest absolute Gasteiger partial charge is 0.481 e. The number of carbonyl (C=O) groups is 2. The van der Waals surface area contributed by atoms with Crippen LogP contribution in [0.5, 0.6) is 0 Å². The molecule has 51 heavy (non-hydrogen) atoms. The molecule has 11 nitrogen and oxygen atoms in total. The molecule has 0 radical (unpaired) electrons. The third-order valence-electron chi connectivity index (χ3n) is 8.92. The molecule has 4 heterocycles. The van der Waals surface area contributed by atoms with Gasteiger partial charge in [0.25, 0.3) is 0 Å². The first-order valence-electron chi connectivity index (χ1n) is 16.2. The van der Waals surface area contributed by atoms with Crippen molar-refractivity contribution in [3.8, 4) is 16.9 Å². The Balaban J connectivity index is 0.00000504. The molecule has 1 aliphatic rings. The topological polar surface area (TPSA) is 152 Å². The van der Waals surface area contributed by atoms with Gasteiger partial charge in [0, 0.05) is 66.6 Å². The van der Waals surface area contributed by atoms with Crippen LogP contribution in [-0.2, 0) is 52.9 Å². The van der Waals surface area contributed by atoms with E-state index in [-0.39, 0.29) is 49.9 Å². The normalized spacial score (nSPS) is 13.5. The number of nitrogens with two attached hydrogens (primary N) is 1. The third-order valence-corrected chi connectivity index (χ3v) is 8.92. The number of anilines is 1. The molecule has 1 aliphatic heterocycles. The number of aromatic amines is 1. The van der Waals surface area contributed by atoms with E-state index in [0.29, 0.717) is 59.2 Å². The first-order valence-corrected chi connectivity index (χ1v) is 16.2. The number of carboxylic acid groups (broad SMARTS) is 1. The maximum absolute atomic E-state index is 16.7. The Morgan fingerprint density at radius 3 is 2.41 bits per heavy atom. The molecule has 0 saturated heterocycles. The highest BCUT2D eigenvalue weighted by molar-refractivity contribution is 5.98. The number of H-pyrrole nitrogens is 1. The average molecular weight is 730 g/mol. The second-order valence-corrected chi connectivity index (χ2v) is 12.1. The zero-order chi connectivity index (χ0) is 35.7. The van der Waals surface area contributed by atoms with E-state index in [0.717, 1.165) is 29.2 Å². The van der Waals surface area contributed by atoms with E-state index >= 15 is 4.39 Å². The van der Waals surface area contributed by atoms with Crippen molar-refractivity contribution >= 4 is 41.2 Å². The van der Waals surface area contributed by atoms with Crippen molar-refractivity contribution in [2.24, 2.45) is 5.73 Å². The molecule has 4 N–H and O–H groups in total. The summed E-state index contributed by atoms with van der Waals surface area (Å²) in [6.45, 7) is 4.28. The van der Waals surface area contributed by atoms with Crippen LogP contribution in [0.3, 0.4) is 0 Å². The molecule has 0 saturated carbocycles. The number of hydrogen-bond donors (Lipinski definition) is 3. The molecule has 1 unspecified atom stereocenters. The molecule has 0 fully saturated rings. The summed E-state index contributed by atoms with van der Waals surface area (Å²) in [5, 5.41) is 14.5. The van der Waals surface area contributed by atoms with E-state index in [1.165, 1.54) is 6.07 Å². The molecule has 1 atom stereocenters. The van der Waals surface area contributed by atoms with E-state index in [1.807, 2.05) is 32.0 Å². The van der Waals surface area contributed by atoms with Crippen LogP contribution in [0.25, 0.3) is 27.8 Å². The number of halogens is 5. The molecule has 16 heteroatoms. The predicted molar refractivity (Wildman–Crippen MR) is 183 cm³/mol. The lowest BCUT2D eigenvalue weighted by atomic mass is 9.95. The Hall–Kier alpha value is -5.02. The number of carbonyl (C=O) groups excluding carboxylic acids is 1. The molecule has 2 aromatic carbocycles. The Labute approximate surface area is 296 Å². The number of esters is 1. The number of aromatic nitrogens is 5. The van der Waals surface area contributed by atoms with Crippen molar-refractivity contribution < 1.29 is 37.0 Å². The van der Waals surface area contributed by atoms with Gasteiger partial charge >= 0.3 is 18.1 Å². The number of nitrogens with one attached hydrogen (secondary N) is 1. The molecule has 0 spiro atoms. The van der Waals surface area contributed by atoms with Gasteiger partial charge in [-0.3, -0.25) is 9.59 Å². The lowest BCUT2D eigenvalue weighted by molar-refractivity contribution is -0.147. The predicted octanol–water partition coefficient (Wildman–Crippen LogP) is 6.31. The quantitative estimate of drug-likeness (QED) is 0.105. The SMILES string of the molecule is CCc1cccc(CC)c1-n1nc2c(c1-c1c(F)cc(COC(=O)C(N)CCC(=O)O)c3[nH]ccc13)CN(c1ncc(C(F)(F)F)cn1)CC2.Cl. The van der Waals surface area contributed by atoms with Crippen molar-refractivity contribution in [3.63, 3.8) is 0 Å². The molecule has 5 aromatic rings. The fourth-order valence-electron chi connectivity index (χ4n) is 6.36. The zero-order valence-electron chi connectivity index (χ0n) is 27.8. The van der Waals surface area contributed by atoms with E-state index in [9.17, 15) is 22.8 Å². The number of alkyl halides is 3. The highest BCUT2D eigenvalue weighted by Crippen LogP contribution is 2.41. The number of rotatable bonds is 11. The van der Waals surface area contributed by atoms with Gasteiger partial charge in [-0.1, -0.05) is 32.0 Å². The van der Waals surface area contributed by atoms with Crippen LogP contribution in [0.4, 0.5) is 23.5 Å². The molecule has 0 aliphatic carbocycles. The van der Waals surface area contributed by atoms with Crippen LogP contribution in [0, 0.1) is 5.82 Å². The van der Waals surface area contributed by atoms with Crippen molar-refractivity contribution in [2.75, 3.05) is 11.4 Å². The number of ether oxygens (including phenoxy) is 1. The number of para-hydroxylation sites is 1. The second kappa shape index (κ2) is 15.1. The van der Waals surface area contributed by atoms with Gasteiger partial charge in [-0.25, -0.2) is 19.0 Å². The molecule has 3 aromatic heterocycles. The molecule has 0 bridgehead atoms. The molecule has 270 valence electrons. The highest BCUT2D eigenvalue weighted by atomic mass is 35.5. The summed E-state index contributed by atoms with van der Waals surface area (Å²) in [5.41, 5.74) is 10.7. The maximum atomic E-state index is 16.7. The van der Waals surface area contributed by atoms with Crippen molar-refractivity contribution in [1.82, 2.24) is 24.7 Å². The number of fused-ring (bicyclic) bond motifs is 2. The number of aryl methyl sites for hydroxylation is 2. The van der Waals surface area contributed by atoms with Gasteiger partial charge in [0.1, 0.15) is 18.5 Å². The minimum atomic E-state index is -4.58. The van der Waals surface area contributed by atoms with Crippen LogP contribution in [0.15, 0.2) is 48.9 Å². The number of carboxylic acids is 1. The maximum Gasteiger partial charge on any atom is 0.419 e. The molecule has 0 amide bonds. The number of nitrogens with zero attached hydrogens (tertiary/aromatic N) is 5. The Morgan fingerprint density at radius 2 is 1.78 bits per heavy atom. The van der Waals surface area contributed by atoms with E-state index in [4.69, 9.17) is 20.7 Å². The Morgan fingerprint density at radius 1 is 1.10 bits per heavy atom. The Bertz CT molecular complexity index is 2040. The fourth-order valence-corrected chi connectivity index (χ4v) is 6.36. The standard InChI is InChI=1S/C35H35F4N7O4.ClH/c1-3-19-6-5-7-20(4-2)31(19)46-32(24-17-45(13-11-27(24)44-46)34-42-15-22(16-43-34)35(37,38)39)29-23-10-12-41-30(23)21(14-25(29)36)18-50-33(49)26(40)8-9-28(47)48;/h5-7,10,12,14-16,26,41H,3-4,8-9,11,13,17-18,40H2,1-2H3,(H,47,48);1H. The fraction of sp³-hybridized carbons (Fsp3) is 0.343. The van der Waals surface area contributed by atoms with Gasteiger partial charge in [0.2, 0.25) is 5.95 Å². The highest BCUT2D eigenvalue weighted by Gasteiger charge is 2.34. The number of aliphatic carboxylic acids is 1. The first-order chi connectivity index (χ1) is 23.9. The van der Waals surface area contributed by atoms with Crippen molar-refractivity contribution in [3.05, 3.63) is 88.3 Å². The summed E-state index contributed by atoms with van der Waals surface area (Å²) in [7, 11) is 0. The summed E-state index contributed by atoms with van der Waals surface area (Å²) in [4.78, 5) is 36.3. The van der Waals surface area contributed by atoms with Crippen molar-refractivity contribution in [1.29, 1.82) is 0 Å². The molecular formula is C35H36ClF4N7O4. The van der Waals surface area contributed by atoms with E-state index < -0.39 is 35.5 Å². The lowest BCUT2D eigenvalue weighted by Gasteiger charge is -2.27. The average Bonchev–Trinajstić information content (AvgIpc) is 3.74. The van der Waals surface area contributed by atoms with Crippen LogP contribution in [0.2, 0.25) is 0 Å². The minimum Gasteiger partial charge on any atom is -0.481 e. The summed E-state index contributed by atoms with van der Waals surface area (Å²) in [5.74, 6) is -2.41. The van der Waals surface area contributed by atoms with Gasteiger partial charge < -0.3 is 25.5 Å². The zero-order valence-corrected chi connectivity index (χ0v) is 28.6. The monoisotopic (exact) mass is 729 g/mol. The summed E-state index contributed by atoms with van der Waals surface area (Å²) >= 11 is 0. The number of hydrogen-bond acceptors (Lipinski definition) is 8. The van der Waals surface area contributed by atoms with Crippen LogP contribution in [-0.4, -0.2) is 54.4 Å². The third kappa shape index (κ3) is 7.40. The van der Waals surface area contributed by atoms with Crippen molar-refractivity contribution in [2.45, 2.75) is 71.3 Å². The van der Waals surface area contributed by atoms with Gasteiger partial charge in [-0.2, -0.15) is 18.3 Å². The summed E-state index contributed by atoms with van der Waals surface area (Å²) in [6, 6.07) is 7.82. The Kier molecular flexibility index (Phi) is 11.0. The van der Waals surface area contributed by atoms with Crippen LogP contribution < -0.4 is 10.6 Å². The van der Waals surface area contributed by atoms with Crippen LogP contribution in [0.1, 0.15) is 60.2 Å². The van der Waals surface area contributed by atoms with Gasteiger partial charge in [0.15, 0.2) is 0 Å². The summed E-state index contributed by atoms with van der Waals surface area (Å²) < 4.78 is 63.6. The molecular weight excluding hydrogens is 694 g/mol. The van der Waals surface area contributed by atoms with Gasteiger partial charge in [0.05, 0.1) is 28.2 Å². The minimum absolute atomic E-state index is 0. The van der Waals surface area contributed by atoms with E-state index in [1.54, 1.807) is 21.8 Å². The second-order valence-electron chi connectivity index (χ2n) is 12.1. The number of benzene rings is 2. The van der Waals surface area contributed by atoms with Gasteiger partial charge in [-0.15, -0.1) is 12.4 Å². The first kappa shape index (κ1) is 37.2. The van der Waals surface area contributed by atoms with E-state index in [2.05, 4.69) is 15.0 Å².